The van der Waals surface area contributed by atoms with Crippen LogP contribution >= 0.6 is 0 Å². The van der Waals surface area contributed by atoms with Gasteiger partial charge in [0, 0.05) is 0 Å². The van der Waals surface area contributed by atoms with E-state index in [4.69, 9.17) is 14.1 Å². The van der Waals surface area contributed by atoms with Crippen molar-refractivity contribution >= 4 is 18.9 Å². The molecule has 0 aliphatic carbocycles. The fourth-order valence-electron chi connectivity index (χ4n) is 1.88. The topological polar surface area (TPSA) is 65.0 Å². The number of hydrogen-bond donors (Lipinski definition) is 1. The van der Waals surface area contributed by atoms with Crippen LogP contribution in [0.15, 0.2) is 12.1 Å². The molecule has 0 heterocycles. The van der Waals surface area contributed by atoms with E-state index in [1.807, 2.05) is 26.8 Å². The molecular weight excluding hydrogens is 283 g/mol. The Balaban J connectivity index is 3.04. The minimum atomic E-state index is -0.974. The summed E-state index contributed by atoms with van der Waals surface area (Å²) in [5, 5.41) is 10.1. The summed E-state index contributed by atoms with van der Waals surface area (Å²) in [6, 6.07) is 3.61. The van der Waals surface area contributed by atoms with Gasteiger partial charge < -0.3 is 19.2 Å². The van der Waals surface area contributed by atoms with Crippen LogP contribution in [0.4, 0.5) is 0 Å². The summed E-state index contributed by atoms with van der Waals surface area (Å²) < 4.78 is 15.9. The Morgan fingerprint density at radius 3 is 2.23 bits per heavy atom. The zero-order chi connectivity index (χ0) is 17.1. The van der Waals surface area contributed by atoms with E-state index in [0.717, 1.165) is 11.0 Å². The monoisotopic (exact) mass is 308 g/mol. The maximum atomic E-state index is 11.8. The third-order valence-electron chi connectivity index (χ3n) is 4.04. The van der Waals surface area contributed by atoms with E-state index in [1.54, 1.807) is 19.9 Å². The van der Waals surface area contributed by atoms with Crippen LogP contribution in [0, 0.1) is 6.92 Å². The van der Waals surface area contributed by atoms with Gasteiger partial charge in [0.2, 0.25) is 0 Å². The smallest absolute Gasteiger partial charge is 0.341 e. The summed E-state index contributed by atoms with van der Waals surface area (Å²) in [7, 11) is 3.15. The first-order valence-corrected chi connectivity index (χ1v) is 7.15. The molecule has 1 aromatic rings. The van der Waals surface area contributed by atoms with Crippen LogP contribution in [-0.2, 0) is 9.39 Å². The Morgan fingerprint density at radius 2 is 1.77 bits per heavy atom. The molecule has 0 fully saturated rings. The molecule has 0 radical (unpaired) electrons. The molecule has 0 amide bonds. The van der Waals surface area contributed by atoms with Crippen LogP contribution in [0.5, 0.6) is 5.75 Å². The van der Waals surface area contributed by atoms with Gasteiger partial charge in [-0.2, -0.15) is 0 Å². The molecule has 1 aromatic carbocycles. The van der Waals surface area contributed by atoms with Crippen molar-refractivity contribution in [3.63, 3.8) is 0 Å². The number of carbonyl (C=O) groups excluding carboxylic acids is 1. The molecule has 0 spiro atoms. The summed E-state index contributed by atoms with van der Waals surface area (Å²) in [6.45, 7) is 8.90. The highest BCUT2D eigenvalue weighted by molar-refractivity contribution is 6.47. The molecule has 0 saturated heterocycles. The van der Waals surface area contributed by atoms with Gasteiger partial charge in [-0.15, -0.1) is 0 Å². The predicted octanol–water partition coefficient (Wildman–Crippen LogP) is 1.33. The van der Waals surface area contributed by atoms with Crippen LogP contribution in [0.2, 0.25) is 0 Å². The number of benzene rings is 1. The summed E-state index contributed by atoms with van der Waals surface area (Å²) in [5.41, 5.74) is 0.341. The average molecular weight is 308 g/mol. The zero-order valence-electron chi connectivity index (χ0n) is 14.4. The van der Waals surface area contributed by atoms with E-state index in [1.165, 1.54) is 14.2 Å². The lowest BCUT2D eigenvalue weighted by Crippen LogP contribution is -2.49. The number of methoxy groups -OCH3 is 2. The number of rotatable bonds is 6. The Kier molecular flexibility index (Phi) is 5.65. The average Bonchev–Trinajstić information content (AvgIpc) is 2.42. The molecule has 6 heteroatoms. The van der Waals surface area contributed by atoms with Gasteiger partial charge in [0.05, 0.1) is 25.4 Å². The molecule has 0 unspecified atom stereocenters. The van der Waals surface area contributed by atoms with Crippen LogP contribution in [0.25, 0.3) is 0 Å². The SMILES string of the molecule is COC(=O)c1c(C)cc(BOC(C)(C)C(C)(C)O)cc1OC. The first-order chi connectivity index (χ1) is 10.0. The summed E-state index contributed by atoms with van der Waals surface area (Å²) >= 11 is 0. The van der Waals surface area contributed by atoms with Gasteiger partial charge in [-0.1, -0.05) is 6.07 Å². The van der Waals surface area contributed by atoms with E-state index >= 15 is 0 Å². The van der Waals surface area contributed by atoms with E-state index in [2.05, 4.69) is 0 Å². The van der Waals surface area contributed by atoms with Crippen LogP contribution < -0.4 is 10.2 Å². The Hall–Kier alpha value is -1.53. The number of aliphatic hydroxyl groups is 1. The van der Waals surface area contributed by atoms with Crippen molar-refractivity contribution in [1.82, 2.24) is 0 Å². The second-order valence-corrected chi connectivity index (χ2v) is 6.34. The minimum Gasteiger partial charge on any atom is -0.496 e. The second kappa shape index (κ2) is 6.71. The lowest BCUT2D eigenvalue weighted by atomic mass is 9.81. The number of aryl methyl sites for hydroxylation is 1. The highest BCUT2D eigenvalue weighted by Gasteiger charge is 2.35. The molecule has 0 aromatic heterocycles. The van der Waals surface area contributed by atoms with Crippen molar-refractivity contribution in [3.8, 4) is 5.75 Å². The van der Waals surface area contributed by atoms with Crippen molar-refractivity contribution in [1.29, 1.82) is 0 Å². The summed E-state index contributed by atoms with van der Waals surface area (Å²) in [6.07, 6.45) is 0. The van der Waals surface area contributed by atoms with Crippen molar-refractivity contribution in [2.24, 2.45) is 0 Å². The minimum absolute atomic E-state index is 0.301. The van der Waals surface area contributed by atoms with Crippen molar-refractivity contribution in [2.45, 2.75) is 45.8 Å². The number of esters is 1. The van der Waals surface area contributed by atoms with Gasteiger partial charge in [-0.3, -0.25) is 0 Å². The zero-order valence-corrected chi connectivity index (χ0v) is 14.4. The molecule has 122 valence electrons. The van der Waals surface area contributed by atoms with Gasteiger partial charge in [-0.05, 0) is 51.7 Å². The van der Waals surface area contributed by atoms with Crippen molar-refractivity contribution in [2.75, 3.05) is 14.2 Å². The Bertz CT molecular complexity index is 546. The van der Waals surface area contributed by atoms with Crippen LogP contribution in [0.1, 0.15) is 43.6 Å². The lowest BCUT2D eigenvalue weighted by Gasteiger charge is -2.37. The van der Waals surface area contributed by atoms with E-state index in [9.17, 15) is 9.90 Å². The predicted molar refractivity (Wildman–Crippen MR) is 87.3 cm³/mol. The molecular formula is C16H25BO5. The van der Waals surface area contributed by atoms with Gasteiger partial charge in [0.25, 0.3) is 0 Å². The summed E-state index contributed by atoms with van der Waals surface area (Å²) in [4.78, 5) is 11.8. The van der Waals surface area contributed by atoms with E-state index in [0.29, 0.717) is 18.8 Å². The van der Waals surface area contributed by atoms with Crippen LogP contribution in [-0.4, -0.2) is 44.0 Å². The Labute approximate surface area is 132 Å². The molecule has 22 heavy (non-hydrogen) atoms. The third-order valence-corrected chi connectivity index (χ3v) is 4.04. The van der Waals surface area contributed by atoms with Gasteiger partial charge >= 0.3 is 13.5 Å². The van der Waals surface area contributed by atoms with Gasteiger partial charge in [-0.25, -0.2) is 4.79 Å². The number of carbonyl (C=O) groups is 1. The fraction of sp³-hybridized carbons (Fsp3) is 0.562. The molecule has 5 nitrogen and oxygen atoms in total. The Morgan fingerprint density at radius 1 is 1.18 bits per heavy atom. The standard InChI is InChI=1S/C16H25BO5/c1-10-8-11(17-22-16(4,5)15(2,3)19)9-12(20-6)13(10)14(18)21-7/h8-9,17,19H,1-7H3. The highest BCUT2D eigenvalue weighted by Crippen LogP contribution is 2.25. The fourth-order valence-corrected chi connectivity index (χ4v) is 1.88. The molecule has 1 N–H and O–H groups in total. The lowest BCUT2D eigenvalue weighted by molar-refractivity contribution is -0.0893. The third kappa shape index (κ3) is 4.02. The molecule has 0 atom stereocenters. The second-order valence-electron chi connectivity index (χ2n) is 6.34. The molecule has 0 bridgehead atoms. The number of hydrogen-bond acceptors (Lipinski definition) is 5. The van der Waals surface area contributed by atoms with E-state index < -0.39 is 17.2 Å². The summed E-state index contributed by atoms with van der Waals surface area (Å²) in [5.74, 6) is 0.0187. The largest absolute Gasteiger partial charge is 0.496 e. The van der Waals surface area contributed by atoms with Crippen molar-refractivity contribution < 1.29 is 24.0 Å². The molecule has 0 saturated carbocycles. The normalized spacial score (nSPS) is 12.0. The van der Waals surface area contributed by atoms with Crippen LogP contribution in [0.3, 0.4) is 0 Å². The van der Waals surface area contributed by atoms with E-state index in [-0.39, 0.29) is 0 Å². The maximum absolute atomic E-state index is 11.8. The number of ether oxygens (including phenoxy) is 2. The molecule has 0 aliphatic rings. The highest BCUT2D eigenvalue weighted by atomic mass is 16.5. The molecule has 1 rings (SSSR count). The van der Waals surface area contributed by atoms with Gasteiger partial charge in [0.1, 0.15) is 11.3 Å². The van der Waals surface area contributed by atoms with Gasteiger partial charge in [0.15, 0.2) is 0 Å². The maximum Gasteiger partial charge on any atom is 0.341 e. The first kappa shape index (κ1) is 18.5. The quantitative estimate of drug-likeness (QED) is 0.634. The van der Waals surface area contributed by atoms with Crippen molar-refractivity contribution in [3.05, 3.63) is 23.3 Å². The molecule has 0 aliphatic heterocycles. The first-order valence-electron chi connectivity index (χ1n) is 7.15.